The lowest BCUT2D eigenvalue weighted by Gasteiger charge is -2.37. The molecule has 2 atom stereocenters. The van der Waals surface area contributed by atoms with Crippen LogP contribution in [0.3, 0.4) is 0 Å². The number of fused-ring (bicyclic) bond motifs is 1. The summed E-state index contributed by atoms with van der Waals surface area (Å²) in [6.07, 6.45) is 2.04. The quantitative estimate of drug-likeness (QED) is 0.850. The number of hydrogen-bond donors (Lipinski definition) is 1. The number of nitrogens with zero attached hydrogens (tertiary/aromatic N) is 3. The summed E-state index contributed by atoms with van der Waals surface area (Å²) in [4.78, 5) is 2.35. The molecular formula is C15H20N4. The molecule has 2 unspecified atom stereocenters. The van der Waals surface area contributed by atoms with Crippen LogP contribution in [0.4, 0.5) is 5.82 Å². The van der Waals surface area contributed by atoms with Gasteiger partial charge in [0.05, 0.1) is 5.69 Å². The molecule has 19 heavy (non-hydrogen) atoms. The third kappa shape index (κ3) is 2.16. The van der Waals surface area contributed by atoms with Gasteiger partial charge in [-0.2, -0.15) is 5.10 Å². The van der Waals surface area contributed by atoms with Crippen molar-refractivity contribution < 1.29 is 0 Å². The Labute approximate surface area is 113 Å². The molecule has 1 aromatic heterocycles. The smallest absolute Gasteiger partial charge is 0.159 e. The van der Waals surface area contributed by atoms with E-state index < -0.39 is 0 Å². The predicted octanol–water partition coefficient (Wildman–Crippen LogP) is 2.25. The molecule has 0 aliphatic carbocycles. The van der Waals surface area contributed by atoms with Gasteiger partial charge < -0.3 is 10.6 Å². The lowest BCUT2D eigenvalue weighted by atomic mass is 9.98. The Morgan fingerprint density at radius 2 is 1.95 bits per heavy atom. The highest BCUT2D eigenvalue weighted by atomic mass is 15.3. The van der Waals surface area contributed by atoms with Gasteiger partial charge in [-0.3, -0.25) is 0 Å². The summed E-state index contributed by atoms with van der Waals surface area (Å²) in [6.45, 7) is 5.19. The molecule has 0 saturated carbocycles. The van der Waals surface area contributed by atoms with Crippen LogP contribution in [0, 0.1) is 6.92 Å². The lowest BCUT2D eigenvalue weighted by molar-refractivity contribution is 0.427. The van der Waals surface area contributed by atoms with E-state index in [4.69, 9.17) is 5.73 Å². The molecule has 0 bridgehead atoms. The molecule has 2 N–H and O–H groups in total. The zero-order chi connectivity index (χ0) is 13.4. The summed E-state index contributed by atoms with van der Waals surface area (Å²) in [6, 6.07) is 9.10. The van der Waals surface area contributed by atoms with Crippen molar-refractivity contribution in [2.24, 2.45) is 5.73 Å². The number of benzene rings is 1. The van der Waals surface area contributed by atoms with E-state index in [1.165, 1.54) is 10.8 Å². The first kappa shape index (κ1) is 12.4. The molecule has 1 fully saturated rings. The molecule has 3 rings (SSSR count). The maximum atomic E-state index is 6.04. The van der Waals surface area contributed by atoms with Crippen LogP contribution in [0.5, 0.6) is 0 Å². The molecule has 2 aromatic rings. The standard InChI is InChI=1S/C15H20N4/c1-10-9-12(16)7-8-19(10)15-14-6-4-3-5-13(14)11(2)17-18-15/h3-6,10,12H,7-9,16H2,1-2H3. The molecule has 1 aromatic carbocycles. The van der Waals surface area contributed by atoms with Crippen LogP contribution in [0.1, 0.15) is 25.5 Å². The summed E-state index contributed by atoms with van der Waals surface area (Å²) in [7, 11) is 0. The molecule has 0 amide bonds. The average molecular weight is 256 g/mol. The minimum atomic E-state index is 0.316. The van der Waals surface area contributed by atoms with Crippen molar-refractivity contribution in [3.05, 3.63) is 30.0 Å². The van der Waals surface area contributed by atoms with E-state index >= 15 is 0 Å². The Kier molecular flexibility index (Phi) is 3.11. The number of aryl methyl sites for hydroxylation is 1. The van der Waals surface area contributed by atoms with E-state index in [1.54, 1.807) is 0 Å². The molecule has 2 heterocycles. The summed E-state index contributed by atoms with van der Waals surface area (Å²) in [5.41, 5.74) is 7.03. The molecule has 100 valence electrons. The zero-order valence-electron chi connectivity index (χ0n) is 11.5. The van der Waals surface area contributed by atoms with E-state index in [9.17, 15) is 0 Å². The van der Waals surface area contributed by atoms with Gasteiger partial charge in [0, 0.05) is 29.4 Å². The van der Waals surface area contributed by atoms with Gasteiger partial charge in [-0.05, 0) is 26.7 Å². The van der Waals surface area contributed by atoms with E-state index in [0.717, 1.165) is 30.9 Å². The molecule has 0 radical (unpaired) electrons. The Balaban J connectivity index is 2.08. The Bertz CT molecular complexity index is 596. The van der Waals surface area contributed by atoms with Crippen molar-refractivity contribution in [3.8, 4) is 0 Å². The second kappa shape index (κ2) is 4.78. The first-order valence-electron chi connectivity index (χ1n) is 6.91. The Morgan fingerprint density at radius 1 is 1.21 bits per heavy atom. The van der Waals surface area contributed by atoms with Gasteiger partial charge in [0.25, 0.3) is 0 Å². The van der Waals surface area contributed by atoms with E-state index in [1.807, 2.05) is 6.92 Å². The Morgan fingerprint density at radius 3 is 2.68 bits per heavy atom. The monoisotopic (exact) mass is 256 g/mol. The van der Waals surface area contributed by atoms with Crippen LogP contribution in [0.25, 0.3) is 10.8 Å². The van der Waals surface area contributed by atoms with Crippen molar-refractivity contribution in [2.75, 3.05) is 11.4 Å². The van der Waals surface area contributed by atoms with Crippen LogP contribution in [0.15, 0.2) is 24.3 Å². The van der Waals surface area contributed by atoms with Gasteiger partial charge in [-0.1, -0.05) is 24.3 Å². The zero-order valence-corrected chi connectivity index (χ0v) is 11.5. The summed E-state index contributed by atoms with van der Waals surface area (Å²) < 4.78 is 0. The fraction of sp³-hybridized carbons (Fsp3) is 0.467. The number of rotatable bonds is 1. The molecule has 4 nitrogen and oxygen atoms in total. The fourth-order valence-electron chi connectivity index (χ4n) is 2.96. The van der Waals surface area contributed by atoms with Crippen LogP contribution >= 0.6 is 0 Å². The van der Waals surface area contributed by atoms with Gasteiger partial charge in [-0.15, -0.1) is 5.10 Å². The third-order valence-corrected chi connectivity index (χ3v) is 4.04. The van der Waals surface area contributed by atoms with Gasteiger partial charge in [-0.25, -0.2) is 0 Å². The topological polar surface area (TPSA) is 55.0 Å². The maximum absolute atomic E-state index is 6.04. The molecule has 1 aliphatic heterocycles. The first-order valence-corrected chi connectivity index (χ1v) is 6.91. The normalized spacial score (nSPS) is 23.8. The largest absolute Gasteiger partial charge is 0.352 e. The highest BCUT2D eigenvalue weighted by molar-refractivity contribution is 5.93. The van der Waals surface area contributed by atoms with Crippen molar-refractivity contribution in [3.63, 3.8) is 0 Å². The van der Waals surface area contributed by atoms with Gasteiger partial charge in [0.1, 0.15) is 0 Å². The number of hydrogen-bond acceptors (Lipinski definition) is 4. The summed E-state index contributed by atoms with van der Waals surface area (Å²) in [5.74, 6) is 1.00. The third-order valence-electron chi connectivity index (χ3n) is 4.04. The van der Waals surface area contributed by atoms with E-state index in [-0.39, 0.29) is 0 Å². The highest BCUT2D eigenvalue weighted by Crippen LogP contribution is 2.29. The maximum Gasteiger partial charge on any atom is 0.159 e. The van der Waals surface area contributed by atoms with E-state index in [0.29, 0.717) is 12.1 Å². The van der Waals surface area contributed by atoms with Crippen molar-refractivity contribution in [1.82, 2.24) is 10.2 Å². The molecule has 0 spiro atoms. The second-order valence-electron chi connectivity index (χ2n) is 5.48. The number of nitrogens with two attached hydrogens (primary N) is 1. The van der Waals surface area contributed by atoms with Crippen molar-refractivity contribution in [2.45, 2.75) is 38.8 Å². The lowest BCUT2D eigenvalue weighted by Crippen LogP contribution is -2.46. The van der Waals surface area contributed by atoms with Gasteiger partial charge in [0.2, 0.25) is 0 Å². The molecule has 4 heteroatoms. The minimum absolute atomic E-state index is 0.316. The molecular weight excluding hydrogens is 236 g/mol. The van der Waals surface area contributed by atoms with Crippen molar-refractivity contribution in [1.29, 1.82) is 0 Å². The van der Waals surface area contributed by atoms with Crippen LogP contribution < -0.4 is 10.6 Å². The van der Waals surface area contributed by atoms with Crippen LogP contribution in [-0.4, -0.2) is 28.8 Å². The van der Waals surface area contributed by atoms with Crippen molar-refractivity contribution >= 4 is 16.6 Å². The second-order valence-corrected chi connectivity index (χ2v) is 5.48. The number of aromatic nitrogens is 2. The first-order chi connectivity index (χ1) is 9.16. The summed E-state index contributed by atoms with van der Waals surface area (Å²) >= 11 is 0. The minimum Gasteiger partial charge on any atom is -0.352 e. The number of anilines is 1. The Hall–Kier alpha value is -1.68. The SMILES string of the molecule is Cc1nnc(N2CCC(N)CC2C)c2ccccc12. The molecule has 1 aliphatic rings. The van der Waals surface area contributed by atoms with Crippen LogP contribution in [0.2, 0.25) is 0 Å². The van der Waals surface area contributed by atoms with Gasteiger partial charge in [0.15, 0.2) is 5.82 Å². The number of piperidine rings is 1. The van der Waals surface area contributed by atoms with Crippen LogP contribution in [-0.2, 0) is 0 Å². The van der Waals surface area contributed by atoms with E-state index in [2.05, 4.69) is 46.3 Å². The predicted molar refractivity (Wildman–Crippen MR) is 78.3 cm³/mol. The fourth-order valence-corrected chi connectivity index (χ4v) is 2.96. The average Bonchev–Trinajstić information content (AvgIpc) is 2.41. The highest BCUT2D eigenvalue weighted by Gasteiger charge is 2.25. The molecule has 1 saturated heterocycles. The summed E-state index contributed by atoms with van der Waals surface area (Å²) in [5, 5.41) is 11.1. The van der Waals surface area contributed by atoms with Gasteiger partial charge >= 0.3 is 0 Å².